The molecule has 0 amide bonds. The van der Waals surface area contributed by atoms with Crippen LogP contribution in [0.25, 0.3) is 0 Å². The molecule has 100 valence electrons. The van der Waals surface area contributed by atoms with Crippen LogP contribution in [0.4, 0.5) is 0 Å². The fraction of sp³-hybridized carbons (Fsp3) is 0.571. The van der Waals surface area contributed by atoms with Crippen LogP contribution in [0.5, 0.6) is 11.5 Å². The first-order valence-corrected chi connectivity index (χ1v) is 6.41. The van der Waals surface area contributed by atoms with E-state index >= 15 is 0 Å². The van der Waals surface area contributed by atoms with E-state index in [0.717, 1.165) is 31.7 Å². The SMILES string of the molecule is COc1ccc(C(C)N2CCN(C)CC2)c(O)c1. The first-order chi connectivity index (χ1) is 8.61. The summed E-state index contributed by atoms with van der Waals surface area (Å²) in [6.07, 6.45) is 0. The van der Waals surface area contributed by atoms with Gasteiger partial charge in [-0.1, -0.05) is 6.07 Å². The molecule has 1 N–H and O–H groups in total. The molecule has 0 saturated carbocycles. The van der Waals surface area contributed by atoms with Crippen molar-refractivity contribution in [2.24, 2.45) is 0 Å². The van der Waals surface area contributed by atoms with E-state index in [1.807, 2.05) is 12.1 Å². The maximum absolute atomic E-state index is 10.1. The predicted molar refractivity (Wildman–Crippen MR) is 72.1 cm³/mol. The maximum atomic E-state index is 10.1. The summed E-state index contributed by atoms with van der Waals surface area (Å²) < 4.78 is 5.11. The lowest BCUT2D eigenvalue weighted by Crippen LogP contribution is -2.45. The molecule has 0 aromatic heterocycles. The molecule has 1 fully saturated rings. The van der Waals surface area contributed by atoms with Gasteiger partial charge in [0.1, 0.15) is 11.5 Å². The Morgan fingerprint density at radius 3 is 2.44 bits per heavy atom. The molecule has 1 aromatic carbocycles. The van der Waals surface area contributed by atoms with Crippen molar-refractivity contribution in [3.8, 4) is 11.5 Å². The third-order valence-corrected chi connectivity index (χ3v) is 3.77. The van der Waals surface area contributed by atoms with E-state index < -0.39 is 0 Å². The van der Waals surface area contributed by atoms with Gasteiger partial charge in [0, 0.05) is 43.9 Å². The number of phenolic OH excluding ortho intramolecular Hbond substituents is 1. The highest BCUT2D eigenvalue weighted by Crippen LogP contribution is 2.31. The number of rotatable bonds is 3. The van der Waals surface area contributed by atoms with Crippen molar-refractivity contribution < 1.29 is 9.84 Å². The number of hydrogen-bond acceptors (Lipinski definition) is 4. The minimum atomic E-state index is 0.240. The third kappa shape index (κ3) is 2.76. The van der Waals surface area contributed by atoms with Crippen LogP contribution in [0, 0.1) is 0 Å². The Balaban J connectivity index is 2.11. The summed E-state index contributed by atoms with van der Waals surface area (Å²) in [6, 6.07) is 5.78. The zero-order valence-electron chi connectivity index (χ0n) is 11.4. The maximum Gasteiger partial charge on any atom is 0.124 e. The second-order valence-corrected chi connectivity index (χ2v) is 4.94. The molecule has 1 aromatic rings. The number of piperazine rings is 1. The highest BCUT2D eigenvalue weighted by atomic mass is 16.5. The quantitative estimate of drug-likeness (QED) is 0.886. The van der Waals surface area contributed by atoms with E-state index in [-0.39, 0.29) is 6.04 Å². The average molecular weight is 250 g/mol. The van der Waals surface area contributed by atoms with Crippen LogP contribution in [-0.4, -0.2) is 55.2 Å². The molecule has 1 heterocycles. The van der Waals surface area contributed by atoms with E-state index in [2.05, 4.69) is 23.8 Å². The Kier molecular flexibility index (Phi) is 4.09. The van der Waals surface area contributed by atoms with Gasteiger partial charge in [0.25, 0.3) is 0 Å². The number of methoxy groups -OCH3 is 1. The minimum Gasteiger partial charge on any atom is -0.507 e. The third-order valence-electron chi connectivity index (χ3n) is 3.77. The van der Waals surface area contributed by atoms with Gasteiger partial charge in [-0.3, -0.25) is 4.90 Å². The molecule has 2 rings (SSSR count). The number of likely N-dealkylation sites (N-methyl/N-ethyl adjacent to an activating group) is 1. The predicted octanol–water partition coefficient (Wildman–Crippen LogP) is 1.71. The zero-order chi connectivity index (χ0) is 13.1. The van der Waals surface area contributed by atoms with E-state index in [1.165, 1.54) is 0 Å². The van der Waals surface area contributed by atoms with Crippen LogP contribution < -0.4 is 4.74 Å². The topological polar surface area (TPSA) is 35.9 Å². The van der Waals surface area contributed by atoms with E-state index in [4.69, 9.17) is 4.74 Å². The average Bonchev–Trinajstić information content (AvgIpc) is 2.38. The molecule has 1 aliphatic rings. The van der Waals surface area contributed by atoms with Crippen molar-refractivity contribution in [1.29, 1.82) is 0 Å². The Bertz CT molecular complexity index is 401. The molecule has 18 heavy (non-hydrogen) atoms. The second-order valence-electron chi connectivity index (χ2n) is 4.94. The summed E-state index contributed by atoms with van der Waals surface area (Å²) in [7, 11) is 3.76. The first kappa shape index (κ1) is 13.2. The van der Waals surface area contributed by atoms with Gasteiger partial charge in [-0.05, 0) is 20.0 Å². The largest absolute Gasteiger partial charge is 0.507 e. The van der Waals surface area contributed by atoms with Crippen LogP contribution in [0.2, 0.25) is 0 Å². The number of nitrogens with zero attached hydrogens (tertiary/aromatic N) is 2. The molecule has 0 radical (unpaired) electrons. The van der Waals surface area contributed by atoms with Gasteiger partial charge in [-0.15, -0.1) is 0 Å². The molecule has 0 spiro atoms. The molecule has 4 nitrogen and oxygen atoms in total. The molecule has 1 atom stereocenters. The Morgan fingerprint density at radius 1 is 1.22 bits per heavy atom. The molecule has 1 aliphatic heterocycles. The van der Waals surface area contributed by atoms with Crippen LogP contribution in [0.15, 0.2) is 18.2 Å². The smallest absolute Gasteiger partial charge is 0.124 e. The summed E-state index contributed by atoms with van der Waals surface area (Å²) in [5.41, 5.74) is 0.973. The Morgan fingerprint density at radius 2 is 1.89 bits per heavy atom. The summed E-state index contributed by atoms with van der Waals surface area (Å²) in [5, 5.41) is 10.1. The van der Waals surface area contributed by atoms with Gasteiger partial charge in [0.15, 0.2) is 0 Å². The summed E-state index contributed by atoms with van der Waals surface area (Å²) in [5.74, 6) is 1.02. The second kappa shape index (κ2) is 5.59. The van der Waals surface area contributed by atoms with E-state index in [1.54, 1.807) is 13.2 Å². The normalized spacial score (nSPS) is 19.7. The first-order valence-electron chi connectivity index (χ1n) is 6.41. The number of ether oxygens (including phenoxy) is 1. The summed E-state index contributed by atoms with van der Waals surface area (Å²) in [6.45, 7) is 6.40. The van der Waals surface area contributed by atoms with Crippen LogP contribution in [0.3, 0.4) is 0 Å². The fourth-order valence-electron chi connectivity index (χ4n) is 2.41. The molecule has 4 heteroatoms. The number of aromatic hydroxyl groups is 1. The lowest BCUT2D eigenvalue weighted by atomic mass is 10.0. The van der Waals surface area contributed by atoms with Gasteiger partial charge < -0.3 is 14.7 Å². The highest BCUT2D eigenvalue weighted by Gasteiger charge is 2.22. The van der Waals surface area contributed by atoms with E-state index in [9.17, 15) is 5.11 Å². The van der Waals surface area contributed by atoms with Crippen LogP contribution in [-0.2, 0) is 0 Å². The van der Waals surface area contributed by atoms with Crippen molar-refractivity contribution in [2.45, 2.75) is 13.0 Å². The van der Waals surface area contributed by atoms with Crippen molar-refractivity contribution in [3.63, 3.8) is 0 Å². The number of benzene rings is 1. The zero-order valence-corrected chi connectivity index (χ0v) is 11.4. The fourth-order valence-corrected chi connectivity index (χ4v) is 2.41. The number of hydrogen-bond donors (Lipinski definition) is 1. The van der Waals surface area contributed by atoms with Gasteiger partial charge in [0.05, 0.1) is 7.11 Å². The van der Waals surface area contributed by atoms with Gasteiger partial charge >= 0.3 is 0 Å². The molecular formula is C14H22N2O2. The minimum absolute atomic E-state index is 0.240. The van der Waals surface area contributed by atoms with Gasteiger partial charge in [0.2, 0.25) is 0 Å². The van der Waals surface area contributed by atoms with Crippen LogP contribution in [0.1, 0.15) is 18.5 Å². The lowest BCUT2D eigenvalue weighted by molar-refractivity contribution is 0.118. The van der Waals surface area contributed by atoms with Crippen molar-refractivity contribution in [1.82, 2.24) is 9.80 Å². The molecule has 0 aliphatic carbocycles. The van der Waals surface area contributed by atoms with Crippen LogP contribution >= 0.6 is 0 Å². The number of phenols is 1. The molecular weight excluding hydrogens is 228 g/mol. The Hall–Kier alpha value is -1.26. The molecule has 1 saturated heterocycles. The molecule has 1 unspecified atom stereocenters. The standard InChI is InChI=1S/C14H22N2O2/c1-11(16-8-6-15(2)7-9-16)13-5-4-12(18-3)10-14(13)17/h4-5,10-11,17H,6-9H2,1-3H3. The van der Waals surface area contributed by atoms with Crippen molar-refractivity contribution in [2.75, 3.05) is 40.3 Å². The monoisotopic (exact) mass is 250 g/mol. The highest BCUT2D eigenvalue weighted by molar-refractivity contribution is 5.41. The summed E-state index contributed by atoms with van der Waals surface area (Å²) in [4.78, 5) is 4.73. The van der Waals surface area contributed by atoms with Gasteiger partial charge in [-0.25, -0.2) is 0 Å². The van der Waals surface area contributed by atoms with E-state index in [0.29, 0.717) is 11.5 Å². The van der Waals surface area contributed by atoms with Gasteiger partial charge in [-0.2, -0.15) is 0 Å². The van der Waals surface area contributed by atoms with Crippen molar-refractivity contribution in [3.05, 3.63) is 23.8 Å². The summed E-state index contributed by atoms with van der Waals surface area (Å²) >= 11 is 0. The Labute approximate surface area is 109 Å². The lowest BCUT2D eigenvalue weighted by Gasteiger charge is -2.36. The van der Waals surface area contributed by atoms with Crippen molar-refractivity contribution >= 4 is 0 Å². The molecule has 0 bridgehead atoms.